The van der Waals surface area contributed by atoms with Gasteiger partial charge in [0.2, 0.25) is 11.7 Å². The van der Waals surface area contributed by atoms with Gasteiger partial charge in [0, 0.05) is 13.1 Å². The van der Waals surface area contributed by atoms with Crippen molar-refractivity contribution in [2.75, 3.05) is 7.05 Å². The first kappa shape index (κ1) is 9.15. The van der Waals surface area contributed by atoms with Crippen LogP contribution in [-0.4, -0.2) is 29.4 Å². The third kappa shape index (κ3) is 0.888. The minimum absolute atomic E-state index is 0.187. The Hall–Kier alpha value is -2.10. The van der Waals surface area contributed by atoms with E-state index in [2.05, 4.69) is 0 Å². The number of likely N-dealkylation sites (N-methyl/N-ethyl adjacent to an activating group) is 1. The number of carbonyl (C=O) groups is 2. The van der Waals surface area contributed by atoms with Crippen LogP contribution in [0.15, 0.2) is 36.4 Å². The number of hydrogen-bond donors (Lipinski definition) is 0. The van der Waals surface area contributed by atoms with Gasteiger partial charge in [0.25, 0.3) is 5.72 Å². The van der Waals surface area contributed by atoms with Crippen LogP contribution in [-0.2, 0) is 4.79 Å². The molecule has 1 spiro atoms. The molecule has 1 atom stereocenters. The van der Waals surface area contributed by atoms with E-state index in [4.69, 9.17) is 4.74 Å². The summed E-state index contributed by atoms with van der Waals surface area (Å²) in [6.07, 6.45) is 2.88. The van der Waals surface area contributed by atoms with E-state index in [0.29, 0.717) is 11.3 Å². The van der Waals surface area contributed by atoms with Gasteiger partial charge >= 0.3 is 0 Å². The van der Waals surface area contributed by atoms with Crippen molar-refractivity contribution in [3.05, 3.63) is 42.0 Å². The fourth-order valence-electron chi connectivity index (χ4n) is 2.05. The largest absolute Gasteiger partial charge is 0.456 e. The van der Waals surface area contributed by atoms with E-state index in [0.717, 1.165) is 0 Å². The first-order valence-electron chi connectivity index (χ1n) is 4.95. The van der Waals surface area contributed by atoms with Crippen LogP contribution in [0.4, 0.5) is 0 Å². The van der Waals surface area contributed by atoms with Crippen molar-refractivity contribution in [3.63, 3.8) is 0 Å². The summed E-state index contributed by atoms with van der Waals surface area (Å²) in [5, 5.41) is 0. The predicted octanol–water partition coefficient (Wildman–Crippen LogP) is 0.986. The maximum atomic E-state index is 12.2. The van der Waals surface area contributed by atoms with Crippen molar-refractivity contribution in [2.45, 2.75) is 5.72 Å². The van der Waals surface area contributed by atoms with Crippen LogP contribution in [0.1, 0.15) is 10.4 Å². The Morgan fingerprint density at radius 2 is 2.00 bits per heavy atom. The van der Waals surface area contributed by atoms with E-state index in [1.165, 1.54) is 17.1 Å². The molecule has 2 aliphatic heterocycles. The van der Waals surface area contributed by atoms with Gasteiger partial charge in [-0.1, -0.05) is 12.1 Å². The minimum atomic E-state index is -1.25. The Kier molecular flexibility index (Phi) is 1.56. The van der Waals surface area contributed by atoms with E-state index in [-0.39, 0.29) is 11.7 Å². The number of para-hydroxylation sites is 1. The third-order valence-corrected chi connectivity index (χ3v) is 3.00. The fraction of sp³-hybridized carbons (Fsp3) is 0.167. The summed E-state index contributed by atoms with van der Waals surface area (Å²) in [4.78, 5) is 25.0. The molecule has 0 fully saturated rings. The second-order valence-corrected chi connectivity index (χ2v) is 3.85. The maximum absolute atomic E-state index is 12.2. The van der Waals surface area contributed by atoms with E-state index in [1.54, 1.807) is 31.3 Å². The summed E-state index contributed by atoms with van der Waals surface area (Å²) >= 11 is 0. The third-order valence-electron chi connectivity index (χ3n) is 3.00. The minimum Gasteiger partial charge on any atom is -0.456 e. The van der Waals surface area contributed by atoms with Crippen LogP contribution in [0.3, 0.4) is 0 Å². The Balaban J connectivity index is 2.14. The van der Waals surface area contributed by atoms with E-state index in [9.17, 15) is 9.59 Å². The number of rotatable bonds is 0. The SMILES string of the molecule is CN1C(=O)C=CC12Oc1ccccc1C2=O. The van der Waals surface area contributed by atoms with Crippen molar-refractivity contribution in [1.82, 2.24) is 4.90 Å². The standard InChI is InChI=1S/C12H9NO3/c1-13-10(14)6-7-12(13)11(15)8-4-2-3-5-9(8)16-12/h2-7H,1H3. The monoisotopic (exact) mass is 215 g/mol. The number of ether oxygens (including phenoxy) is 1. The van der Waals surface area contributed by atoms with Gasteiger partial charge in [-0.3, -0.25) is 14.5 Å². The topological polar surface area (TPSA) is 46.6 Å². The van der Waals surface area contributed by atoms with Crippen LogP contribution in [0.25, 0.3) is 0 Å². The van der Waals surface area contributed by atoms with Crippen molar-refractivity contribution >= 4 is 11.7 Å². The number of amides is 1. The highest BCUT2D eigenvalue weighted by Crippen LogP contribution is 2.39. The number of benzene rings is 1. The van der Waals surface area contributed by atoms with Gasteiger partial charge in [-0.2, -0.15) is 0 Å². The molecular formula is C12H9NO3. The van der Waals surface area contributed by atoms with Crippen molar-refractivity contribution in [1.29, 1.82) is 0 Å². The van der Waals surface area contributed by atoms with Gasteiger partial charge in [0.15, 0.2) is 0 Å². The Morgan fingerprint density at radius 1 is 1.25 bits per heavy atom. The molecule has 0 N–H and O–H groups in total. The van der Waals surface area contributed by atoms with Crippen LogP contribution in [0, 0.1) is 0 Å². The molecule has 2 heterocycles. The number of fused-ring (bicyclic) bond motifs is 1. The molecule has 1 aromatic carbocycles. The predicted molar refractivity (Wildman–Crippen MR) is 56.0 cm³/mol. The molecule has 0 bridgehead atoms. The van der Waals surface area contributed by atoms with Gasteiger partial charge < -0.3 is 4.74 Å². The fourth-order valence-corrected chi connectivity index (χ4v) is 2.05. The second kappa shape index (κ2) is 2.72. The zero-order valence-electron chi connectivity index (χ0n) is 8.64. The normalized spacial score (nSPS) is 26.4. The van der Waals surface area contributed by atoms with Crippen molar-refractivity contribution in [3.8, 4) is 5.75 Å². The van der Waals surface area contributed by atoms with Crippen LogP contribution >= 0.6 is 0 Å². The summed E-state index contributed by atoms with van der Waals surface area (Å²) in [6.45, 7) is 0. The van der Waals surface area contributed by atoms with Gasteiger partial charge in [-0.25, -0.2) is 0 Å². The molecule has 1 unspecified atom stereocenters. The number of nitrogens with zero attached hydrogens (tertiary/aromatic N) is 1. The summed E-state index contributed by atoms with van der Waals surface area (Å²) in [5.41, 5.74) is -0.727. The van der Waals surface area contributed by atoms with Crippen molar-refractivity contribution in [2.24, 2.45) is 0 Å². The van der Waals surface area contributed by atoms with Gasteiger partial charge in [0.05, 0.1) is 5.56 Å². The number of hydrogen-bond acceptors (Lipinski definition) is 3. The molecule has 0 saturated heterocycles. The highest BCUT2D eigenvalue weighted by Gasteiger charge is 2.53. The van der Waals surface area contributed by atoms with Gasteiger partial charge in [0.1, 0.15) is 5.75 Å². The second-order valence-electron chi connectivity index (χ2n) is 3.85. The van der Waals surface area contributed by atoms with Crippen molar-refractivity contribution < 1.29 is 14.3 Å². The summed E-state index contributed by atoms with van der Waals surface area (Å²) in [7, 11) is 1.56. The van der Waals surface area contributed by atoms with E-state index >= 15 is 0 Å². The molecular weight excluding hydrogens is 206 g/mol. The smallest absolute Gasteiger partial charge is 0.269 e. The van der Waals surface area contributed by atoms with Gasteiger partial charge in [-0.15, -0.1) is 0 Å². The molecule has 4 nitrogen and oxygen atoms in total. The van der Waals surface area contributed by atoms with Crippen LogP contribution in [0.2, 0.25) is 0 Å². The molecule has 4 heteroatoms. The van der Waals surface area contributed by atoms with Crippen LogP contribution in [0.5, 0.6) is 5.75 Å². The zero-order chi connectivity index (χ0) is 11.3. The molecule has 0 aromatic heterocycles. The molecule has 1 aromatic rings. The Morgan fingerprint density at radius 3 is 2.62 bits per heavy atom. The summed E-state index contributed by atoms with van der Waals surface area (Å²) in [5.74, 6) is 0.118. The van der Waals surface area contributed by atoms with E-state index < -0.39 is 5.72 Å². The average molecular weight is 215 g/mol. The maximum Gasteiger partial charge on any atom is 0.269 e. The molecule has 2 aliphatic rings. The average Bonchev–Trinajstić information content (AvgIpc) is 2.74. The highest BCUT2D eigenvalue weighted by atomic mass is 16.5. The zero-order valence-corrected chi connectivity index (χ0v) is 8.64. The molecule has 0 radical (unpaired) electrons. The molecule has 0 saturated carbocycles. The molecule has 3 rings (SSSR count). The van der Waals surface area contributed by atoms with E-state index in [1.807, 2.05) is 0 Å². The lowest BCUT2D eigenvalue weighted by atomic mass is 10.0. The summed E-state index contributed by atoms with van der Waals surface area (Å²) in [6, 6.07) is 7.01. The Bertz CT molecular complexity index is 535. The quantitative estimate of drug-likeness (QED) is 0.648. The van der Waals surface area contributed by atoms with Gasteiger partial charge in [-0.05, 0) is 18.2 Å². The lowest BCUT2D eigenvalue weighted by Gasteiger charge is -2.28. The molecule has 80 valence electrons. The number of carbonyl (C=O) groups excluding carboxylic acids is 2. The first-order valence-corrected chi connectivity index (χ1v) is 4.95. The van der Waals surface area contributed by atoms with Crippen LogP contribution < -0.4 is 4.74 Å². The first-order chi connectivity index (χ1) is 7.65. The number of Topliss-reactive ketones (excluding diaryl/α,β-unsaturated/α-hetero) is 1. The lowest BCUT2D eigenvalue weighted by molar-refractivity contribution is -0.131. The lowest BCUT2D eigenvalue weighted by Crippen LogP contribution is -2.51. The molecule has 16 heavy (non-hydrogen) atoms. The Labute approximate surface area is 92.1 Å². The molecule has 0 aliphatic carbocycles. The highest BCUT2D eigenvalue weighted by molar-refractivity contribution is 6.12. The number of ketones is 1. The summed E-state index contributed by atoms with van der Waals surface area (Å²) < 4.78 is 5.62. The molecule has 1 amide bonds.